The lowest BCUT2D eigenvalue weighted by molar-refractivity contribution is -0.138. The van der Waals surface area contributed by atoms with Gasteiger partial charge in [0.15, 0.2) is 5.76 Å². The number of halogens is 5. The molecule has 0 saturated carbocycles. The summed E-state index contributed by atoms with van der Waals surface area (Å²) in [6.45, 7) is -0.390. The van der Waals surface area contributed by atoms with E-state index in [1.165, 1.54) is 47.3 Å². The summed E-state index contributed by atoms with van der Waals surface area (Å²) in [6, 6.07) is 11.2. The van der Waals surface area contributed by atoms with Crippen molar-refractivity contribution in [3.05, 3.63) is 99.1 Å². The van der Waals surface area contributed by atoms with Crippen molar-refractivity contribution in [2.24, 2.45) is 7.05 Å². The van der Waals surface area contributed by atoms with Crippen molar-refractivity contribution >= 4 is 40.9 Å². The SMILES string of the molecule is Cn1ncc(Cl)c1-c1cc(C(=O)N[C@@H](Cc2ccccc2C(F)(F)F)CN2C(=O)c3ccccc3C2=O)oc1Cl. The highest BCUT2D eigenvalue weighted by Crippen LogP contribution is 2.36. The second-order valence-electron chi connectivity index (χ2n) is 9.06. The van der Waals surface area contributed by atoms with E-state index in [0.717, 1.165) is 11.0 Å². The van der Waals surface area contributed by atoms with Gasteiger partial charge in [-0.3, -0.25) is 24.0 Å². The summed E-state index contributed by atoms with van der Waals surface area (Å²) in [5.41, 5.74) is -0.0256. The van der Waals surface area contributed by atoms with Crippen LogP contribution in [0.2, 0.25) is 10.2 Å². The first-order valence-corrected chi connectivity index (χ1v) is 12.6. The molecule has 1 N–H and O–H groups in total. The Morgan fingerprint density at radius 3 is 2.25 bits per heavy atom. The maximum Gasteiger partial charge on any atom is 0.416 e. The van der Waals surface area contributed by atoms with Crippen molar-refractivity contribution in [1.29, 1.82) is 0 Å². The van der Waals surface area contributed by atoms with Crippen LogP contribution < -0.4 is 5.32 Å². The maximum atomic E-state index is 13.7. The number of imide groups is 1. The van der Waals surface area contributed by atoms with Gasteiger partial charge in [0.2, 0.25) is 5.22 Å². The summed E-state index contributed by atoms with van der Waals surface area (Å²) in [5, 5.41) is 6.73. The molecule has 2 aromatic heterocycles. The van der Waals surface area contributed by atoms with E-state index in [4.69, 9.17) is 27.6 Å². The van der Waals surface area contributed by atoms with Crippen LogP contribution in [-0.4, -0.2) is 45.0 Å². The number of amides is 3. The minimum atomic E-state index is -4.66. The highest BCUT2D eigenvalue weighted by atomic mass is 35.5. The molecule has 4 aromatic rings. The summed E-state index contributed by atoms with van der Waals surface area (Å²) in [7, 11) is 1.61. The number of hydrogen-bond acceptors (Lipinski definition) is 5. The summed E-state index contributed by atoms with van der Waals surface area (Å²) >= 11 is 12.4. The molecule has 0 saturated heterocycles. The van der Waals surface area contributed by atoms with Gasteiger partial charge in [-0.25, -0.2) is 0 Å². The van der Waals surface area contributed by atoms with Crippen molar-refractivity contribution in [3.8, 4) is 11.3 Å². The molecule has 206 valence electrons. The fourth-order valence-electron chi connectivity index (χ4n) is 4.64. The number of aryl methyl sites for hydroxylation is 1. The molecule has 13 heteroatoms. The van der Waals surface area contributed by atoms with E-state index in [9.17, 15) is 27.6 Å². The minimum Gasteiger partial charge on any atom is -0.439 e. The zero-order chi connectivity index (χ0) is 28.8. The van der Waals surface area contributed by atoms with E-state index < -0.39 is 35.5 Å². The number of carbonyl (C=O) groups excluding carboxylic acids is 3. The molecule has 3 heterocycles. The lowest BCUT2D eigenvalue weighted by atomic mass is 9.99. The fourth-order valence-corrected chi connectivity index (χ4v) is 5.13. The highest BCUT2D eigenvalue weighted by Gasteiger charge is 2.38. The molecular formula is C27H19Cl2F3N4O4. The van der Waals surface area contributed by atoms with Gasteiger partial charge < -0.3 is 9.73 Å². The number of furan rings is 1. The van der Waals surface area contributed by atoms with Crippen LogP contribution in [0.15, 0.2) is 65.2 Å². The van der Waals surface area contributed by atoms with E-state index in [2.05, 4.69) is 10.4 Å². The Balaban J connectivity index is 1.46. The van der Waals surface area contributed by atoms with Gasteiger partial charge >= 0.3 is 6.18 Å². The molecule has 0 radical (unpaired) electrons. The molecule has 0 spiro atoms. The third-order valence-electron chi connectivity index (χ3n) is 6.47. The van der Waals surface area contributed by atoms with E-state index in [-0.39, 0.29) is 51.2 Å². The molecule has 1 aliphatic heterocycles. The second-order valence-corrected chi connectivity index (χ2v) is 9.81. The van der Waals surface area contributed by atoms with Crippen LogP contribution in [0, 0.1) is 0 Å². The van der Waals surface area contributed by atoms with Crippen molar-refractivity contribution in [3.63, 3.8) is 0 Å². The van der Waals surface area contributed by atoms with Gasteiger partial charge in [0.1, 0.15) is 0 Å². The molecular weight excluding hydrogens is 572 g/mol. The Morgan fingerprint density at radius 2 is 1.65 bits per heavy atom. The van der Waals surface area contributed by atoms with Crippen molar-refractivity contribution in [1.82, 2.24) is 20.0 Å². The van der Waals surface area contributed by atoms with Gasteiger partial charge in [0, 0.05) is 19.7 Å². The van der Waals surface area contributed by atoms with Crippen molar-refractivity contribution in [2.45, 2.75) is 18.6 Å². The average molecular weight is 591 g/mol. The average Bonchev–Trinajstić information content (AvgIpc) is 3.53. The molecule has 1 atom stereocenters. The van der Waals surface area contributed by atoms with Crippen LogP contribution in [0.5, 0.6) is 0 Å². The predicted molar refractivity (Wildman–Crippen MR) is 139 cm³/mol. The van der Waals surface area contributed by atoms with Crippen LogP contribution in [0.3, 0.4) is 0 Å². The Labute approximate surface area is 235 Å². The van der Waals surface area contributed by atoms with Crippen LogP contribution in [0.25, 0.3) is 11.3 Å². The third-order valence-corrected chi connectivity index (χ3v) is 7.02. The van der Waals surface area contributed by atoms with E-state index in [1.807, 2.05) is 0 Å². The molecule has 0 aliphatic carbocycles. The Kier molecular flexibility index (Phi) is 7.19. The highest BCUT2D eigenvalue weighted by molar-refractivity contribution is 6.35. The van der Waals surface area contributed by atoms with Crippen LogP contribution in [0.1, 0.15) is 42.4 Å². The number of hydrogen-bond donors (Lipinski definition) is 1. The maximum absolute atomic E-state index is 13.7. The topological polar surface area (TPSA) is 97.4 Å². The second kappa shape index (κ2) is 10.5. The largest absolute Gasteiger partial charge is 0.439 e. The van der Waals surface area contributed by atoms with E-state index >= 15 is 0 Å². The molecule has 1 aliphatic rings. The monoisotopic (exact) mass is 590 g/mol. The first-order valence-electron chi connectivity index (χ1n) is 11.8. The van der Waals surface area contributed by atoms with E-state index in [1.54, 1.807) is 19.2 Å². The van der Waals surface area contributed by atoms with Gasteiger partial charge in [0.25, 0.3) is 17.7 Å². The van der Waals surface area contributed by atoms with Gasteiger partial charge in [0.05, 0.1) is 45.2 Å². The van der Waals surface area contributed by atoms with Crippen LogP contribution >= 0.6 is 23.2 Å². The van der Waals surface area contributed by atoms with Gasteiger partial charge in [-0.05, 0) is 41.8 Å². The number of nitrogens with one attached hydrogen (secondary N) is 1. The number of fused-ring (bicyclic) bond motifs is 1. The van der Waals surface area contributed by atoms with Crippen LogP contribution in [0.4, 0.5) is 13.2 Å². The first kappa shape index (κ1) is 27.5. The van der Waals surface area contributed by atoms with Crippen molar-refractivity contribution in [2.75, 3.05) is 6.54 Å². The molecule has 2 aromatic carbocycles. The summed E-state index contributed by atoms with van der Waals surface area (Å²) in [5.74, 6) is -2.30. The zero-order valence-electron chi connectivity index (χ0n) is 20.6. The number of carbonyl (C=O) groups is 3. The molecule has 5 rings (SSSR count). The lowest BCUT2D eigenvalue weighted by Gasteiger charge is -2.25. The Hall–Kier alpha value is -4.09. The van der Waals surface area contributed by atoms with Gasteiger partial charge in [-0.2, -0.15) is 18.3 Å². The Bertz CT molecular complexity index is 1590. The quantitative estimate of drug-likeness (QED) is 0.281. The third kappa shape index (κ3) is 5.09. The summed E-state index contributed by atoms with van der Waals surface area (Å²) in [4.78, 5) is 40.1. The zero-order valence-corrected chi connectivity index (χ0v) is 22.1. The van der Waals surface area contributed by atoms with Crippen molar-refractivity contribution < 1.29 is 32.0 Å². The normalized spacial score (nSPS) is 14.0. The number of nitrogens with zero attached hydrogens (tertiary/aromatic N) is 3. The van der Waals surface area contributed by atoms with Gasteiger partial charge in [-0.1, -0.05) is 41.9 Å². The smallest absolute Gasteiger partial charge is 0.416 e. The van der Waals surface area contributed by atoms with Gasteiger partial charge in [-0.15, -0.1) is 0 Å². The molecule has 0 fully saturated rings. The fraction of sp³-hybridized carbons (Fsp3) is 0.185. The molecule has 8 nitrogen and oxygen atoms in total. The van der Waals surface area contributed by atoms with E-state index in [0.29, 0.717) is 5.69 Å². The molecule has 0 unspecified atom stereocenters. The molecule has 40 heavy (non-hydrogen) atoms. The minimum absolute atomic E-state index is 0.128. The summed E-state index contributed by atoms with van der Waals surface area (Å²) < 4.78 is 48.0. The predicted octanol–water partition coefficient (Wildman–Crippen LogP) is 5.64. The van der Waals surface area contributed by atoms with Crippen LogP contribution in [-0.2, 0) is 19.6 Å². The number of rotatable bonds is 7. The number of alkyl halides is 3. The number of benzene rings is 2. The lowest BCUT2D eigenvalue weighted by Crippen LogP contribution is -2.47. The molecule has 3 amide bonds. The summed E-state index contributed by atoms with van der Waals surface area (Å²) in [6.07, 6.45) is -3.62. The first-order chi connectivity index (χ1) is 19.0. The standard InChI is InChI=1S/C27H19Cl2F3N4O4/c1-35-22(20(28)12-33-35)18-11-21(40-23(18)29)24(37)34-15(10-14-6-2-5-9-19(14)27(30,31)32)13-36-25(38)16-7-3-4-8-17(16)26(36)39/h2-9,11-12,15H,10,13H2,1H3,(H,34,37)/t15-/m0/s1. The molecule has 0 bridgehead atoms. The number of aromatic nitrogens is 2. The Morgan fingerprint density at radius 1 is 1.02 bits per heavy atom.